The van der Waals surface area contributed by atoms with Crippen molar-refractivity contribution < 1.29 is 0 Å². The van der Waals surface area contributed by atoms with Gasteiger partial charge >= 0.3 is 0 Å². The average molecular weight is 274 g/mol. The number of nitrogens with zero attached hydrogens (tertiary/aromatic N) is 1. The molecule has 0 spiro atoms. The van der Waals surface area contributed by atoms with Gasteiger partial charge < -0.3 is 0 Å². The van der Waals surface area contributed by atoms with E-state index in [0.717, 1.165) is 10.7 Å². The molecule has 1 fully saturated rings. The van der Waals surface area contributed by atoms with E-state index in [2.05, 4.69) is 20.9 Å². The first kappa shape index (κ1) is 10.6. The van der Waals surface area contributed by atoms with Gasteiger partial charge in [-0.25, -0.2) is 0 Å². The first-order valence-corrected chi connectivity index (χ1v) is 7.17. The molecule has 0 N–H and O–H groups in total. The predicted octanol–water partition coefficient (Wildman–Crippen LogP) is 4.03. The Kier molecular flexibility index (Phi) is 3.99. The molecule has 2 rings (SSSR count). The van der Waals surface area contributed by atoms with Gasteiger partial charge in [0.1, 0.15) is 0 Å². The number of hydrogen-bond acceptors (Lipinski definition) is 2. The summed E-state index contributed by atoms with van der Waals surface area (Å²) < 4.78 is 0. The number of hydrogen-bond donors (Lipinski definition) is 0. The van der Waals surface area contributed by atoms with E-state index in [-0.39, 0.29) is 0 Å². The molecule has 2 unspecified atom stereocenters. The van der Waals surface area contributed by atoms with Crippen molar-refractivity contribution in [2.75, 3.05) is 0 Å². The van der Waals surface area contributed by atoms with Gasteiger partial charge in [0.15, 0.2) is 0 Å². The Morgan fingerprint density at radius 2 is 2.21 bits per heavy atom. The zero-order valence-corrected chi connectivity index (χ0v) is 10.7. The van der Waals surface area contributed by atoms with Crippen LogP contribution in [0.1, 0.15) is 37.0 Å². The van der Waals surface area contributed by atoms with Gasteiger partial charge in [-0.05, 0) is 25.2 Å². The molecule has 0 radical (unpaired) electrons. The molecule has 1 aliphatic carbocycles. The standard InChI is InChI=1S/C11H16BrNS/c12-11-5-3-1-2-4-9(11)6-10-7-13-8-14-10/h7-9,11H,1-6H2. The van der Waals surface area contributed by atoms with Crippen molar-refractivity contribution in [3.05, 3.63) is 16.6 Å². The number of alkyl halides is 1. The van der Waals surface area contributed by atoms with Gasteiger partial charge in [-0.1, -0.05) is 35.2 Å². The molecule has 3 heteroatoms. The number of halogens is 1. The van der Waals surface area contributed by atoms with Crippen LogP contribution in [0.5, 0.6) is 0 Å². The summed E-state index contributed by atoms with van der Waals surface area (Å²) in [6, 6.07) is 0. The molecule has 1 aliphatic rings. The lowest BCUT2D eigenvalue weighted by molar-refractivity contribution is 0.478. The fourth-order valence-corrected chi connectivity index (χ4v) is 3.63. The minimum absolute atomic E-state index is 0.729. The largest absolute Gasteiger partial charge is 0.253 e. The van der Waals surface area contributed by atoms with Crippen LogP contribution in [0.2, 0.25) is 0 Å². The molecule has 1 nitrogen and oxygen atoms in total. The van der Waals surface area contributed by atoms with Crippen molar-refractivity contribution in [2.45, 2.75) is 43.4 Å². The first-order valence-electron chi connectivity index (χ1n) is 5.37. The van der Waals surface area contributed by atoms with Crippen LogP contribution in [-0.2, 0) is 6.42 Å². The maximum Gasteiger partial charge on any atom is 0.0794 e. The molecule has 0 bridgehead atoms. The van der Waals surface area contributed by atoms with Gasteiger partial charge in [0.25, 0.3) is 0 Å². The summed E-state index contributed by atoms with van der Waals surface area (Å²) in [7, 11) is 0. The maximum atomic E-state index is 4.14. The lowest BCUT2D eigenvalue weighted by atomic mass is 9.96. The topological polar surface area (TPSA) is 12.9 Å². The van der Waals surface area contributed by atoms with Crippen LogP contribution in [0.25, 0.3) is 0 Å². The van der Waals surface area contributed by atoms with E-state index in [9.17, 15) is 0 Å². The first-order chi connectivity index (χ1) is 6.86. The Bertz CT molecular complexity index is 260. The molecular formula is C11H16BrNS. The molecule has 1 aromatic heterocycles. The molecule has 0 saturated heterocycles. The zero-order valence-electron chi connectivity index (χ0n) is 8.29. The normalized spacial score (nSPS) is 28.6. The predicted molar refractivity (Wildman–Crippen MR) is 65.1 cm³/mol. The van der Waals surface area contributed by atoms with E-state index < -0.39 is 0 Å². The van der Waals surface area contributed by atoms with Crippen LogP contribution in [-0.4, -0.2) is 9.81 Å². The van der Waals surface area contributed by atoms with Gasteiger partial charge in [-0.15, -0.1) is 11.3 Å². The second kappa shape index (κ2) is 5.26. The highest BCUT2D eigenvalue weighted by Gasteiger charge is 2.21. The van der Waals surface area contributed by atoms with Crippen molar-refractivity contribution in [1.82, 2.24) is 4.98 Å². The minimum atomic E-state index is 0.729. The van der Waals surface area contributed by atoms with E-state index in [4.69, 9.17) is 0 Å². The van der Waals surface area contributed by atoms with Gasteiger partial charge in [0.05, 0.1) is 5.51 Å². The fourth-order valence-electron chi connectivity index (χ4n) is 2.17. The molecule has 1 heterocycles. The highest BCUT2D eigenvalue weighted by molar-refractivity contribution is 9.09. The quantitative estimate of drug-likeness (QED) is 0.586. The molecule has 14 heavy (non-hydrogen) atoms. The van der Waals surface area contributed by atoms with Gasteiger partial charge in [-0.3, -0.25) is 4.98 Å². The van der Waals surface area contributed by atoms with E-state index in [1.165, 1.54) is 43.4 Å². The van der Waals surface area contributed by atoms with E-state index in [1.54, 1.807) is 11.3 Å². The summed E-state index contributed by atoms with van der Waals surface area (Å²) in [5, 5.41) is 0. The zero-order chi connectivity index (χ0) is 9.80. The van der Waals surface area contributed by atoms with Crippen molar-refractivity contribution >= 4 is 27.3 Å². The minimum Gasteiger partial charge on any atom is -0.253 e. The van der Waals surface area contributed by atoms with Crippen LogP contribution in [0.15, 0.2) is 11.7 Å². The Hall–Kier alpha value is 0.110. The van der Waals surface area contributed by atoms with Crippen molar-refractivity contribution in [3.63, 3.8) is 0 Å². The monoisotopic (exact) mass is 273 g/mol. The molecule has 1 saturated carbocycles. The molecule has 1 aromatic rings. The molecular weight excluding hydrogens is 258 g/mol. The van der Waals surface area contributed by atoms with Crippen LogP contribution in [0.4, 0.5) is 0 Å². The Balaban J connectivity index is 1.94. The Labute approximate surface area is 98.1 Å². The molecule has 2 atom stereocenters. The molecule has 0 amide bonds. The molecule has 78 valence electrons. The second-order valence-electron chi connectivity index (χ2n) is 4.09. The van der Waals surface area contributed by atoms with Crippen molar-refractivity contribution in [1.29, 1.82) is 0 Å². The molecule has 0 aliphatic heterocycles. The summed E-state index contributed by atoms with van der Waals surface area (Å²) in [5.41, 5.74) is 1.94. The number of thiazole rings is 1. The van der Waals surface area contributed by atoms with Crippen molar-refractivity contribution in [2.24, 2.45) is 5.92 Å². The summed E-state index contributed by atoms with van der Waals surface area (Å²) in [5.74, 6) is 0.831. The highest BCUT2D eigenvalue weighted by atomic mass is 79.9. The van der Waals surface area contributed by atoms with Gasteiger partial charge in [-0.2, -0.15) is 0 Å². The number of rotatable bonds is 2. The van der Waals surface area contributed by atoms with Gasteiger partial charge in [0.2, 0.25) is 0 Å². The Morgan fingerprint density at radius 1 is 1.36 bits per heavy atom. The summed E-state index contributed by atoms with van der Waals surface area (Å²) in [4.78, 5) is 6.31. The van der Waals surface area contributed by atoms with E-state index >= 15 is 0 Å². The van der Waals surface area contributed by atoms with Crippen LogP contribution in [0, 0.1) is 5.92 Å². The summed E-state index contributed by atoms with van der Waals surface area (Å²) in [6.07, 6.45) is 10.2. The lowest BCUT2D eigenvalue weighted by Crippen LogP contribution is -2.14. The van der Waals surface area contributed by atoms with E-state index in [0.29, 0.717) is 0 Å². The fraction of sp³-hybridized carbons (Fsp3) is 0.727. The smallest absolute Gasteiger partial charge is 0.0794 e. The third-order valence-corrected chi connectivity index (χ3v) is 5.02. The van der Waals surface area contributed by atoms with Gasteiger partial charge in [0, 0.05) is 15.9 Å². The Morgan fingerprint density at radius 3 is 3.00 bits per heavy atom. The third kappa shape index (κ3) is 2.80. The highest BCUT2D eigenvalue weighted by Crippen LogP contribution is 2.31. The summed E-state index contributed by atoms with van der Waals surface area (Å²) in [6.45, 7) is 0. The van der Waals surface area contributed by atoms with Crippen LogP contribution < -0.4 is 0 Å². The molecule has 0 aromatic carbocycles. The number of aromatic nitrogens is 1. The van der Waals surface area contributed by atoms with Crippen LogP contribution >= 0.6 is 27.3 Å². The van der Waals surface area contributed by atoms with E-state index in [1.807, 2.05) is 11.7 Å². The van der Waals surface area contributed by atoms with Crippen LogP contribution in [0.3, 0.4) is 0 Å². The summed E-state index contributed by atoms with van der Waals surface area (Å²) >= 11 is 5.63. The SMILES string of the molecule is BrC1CCCCCC1Cc1cncs1. The van der Waals surface area contributed by atoms with Crippen molar-refractivity contribution in [3.8, 4) is 0 Å². The lowest BCUT2D eigenvalue weighted by Gasteiger charge is -2.18. The maximum absolute atomic E-state index is 4.14. The third-order valence-electron chi connectivity index (χ3n) is 3.01. The average Bonchev–Trinajstić information content (AvgIpc) is 2.60. The second-order valence-corrected chi connectivity index (χ2v) is 6.23.